The number of ether oxygens (including phenoxy) is 1. The summed E-state index contributed by atoms with van der Waals surface area (Å²) in [5, 5.41) is 18.5. The lowest BCUT2D eigenvalue weighted by Crippen LogP contribution is -2.47. The highest BCUT2D eigenvalue weighted by molar-refractivity contribution is 6.22. The molecule has 1 aromatic rings. The van der Waals surface area contributed by atoms with Crippen molar-refractivity contribution < 1.29 is 14.9 Å². The fourth-order valence-electron chi connectivity index (χ4n) is 2.01. The molecule has 1 aliphatic rings. The molecule has 1 fully saturated rings. The van der Waals surface area contributed by atoms with Gasteiger partial charge in [-0.1, -0.05) is 0 Å². The highest BCUT2D eigenvalue weighted by Crippen LogP contribution is 2.40. The Balaban J connectivity index is 2.39. The maximum absolute atomic E-state index is 11.8. The van der Waals surface area contributed by atoms with Gasteiger partial charge in [-0.25, -0.2) is 4.79 Å². The Kier molecular flexibility index (Phi) is 4.17. The van der Waals surface area contributed by atoms with Gasteiger partial charge in [0.15, 0.2) is 6.23 Å². The predicted molar refractivity (Wildman–Crippen MR) is 69.5 cm³/mol. The second-order valence-corrected chi connectivity index (χ2v) is 5.28. The lowest BCUT2D eigenvalue weighted by molar-refractivity contribution is -0.114. The fourth-order valence-corrected chi connectivity index (χ4v) is 2.71. The van der Waals surface area contributed by atoms with Gasteiger partial charge in [0.2, 0.25) is 0 Å². The maximum Gasteiger partial charge on any atom is 0.349 e. The van der Waals surface area contributed by atoms with Crippen LogP contribution >= 0.6 is 23.2 Å². The molecule has 0 bridgehead atoms. The van der Waals surface area contributed by atoms with Crippen LogP contribution in [0.5, 0.6) is 0 Å². The van der Waals surface area contributed by atoms with Crippen molar-refractivity contribution in [3.8, 4) is 0 Å². The minimum absolute atomic E-state index is 0.140. The minimum atomic E-state index is -1.37. The van der Waals surface area contributed by atoms with Crippen LogP contribution in [0.4, 0.5) is 0 Å². The number of aryl methyl sites for hydroxylation is 1. The summed E-state index contributed by atoms with van der Waals surface area (Å²) in [4.78, 5) is 15.6. The molecule has 0 radical (unpaired) electrons. The molecule has 2 N–H and O–H groups in total. The van der Waals surface area contributed by atoms with Crippen molar-refractivity contribution in [2.45, 2.75) is 30.2 Å². The molecule has 1 saturated heterocycles. The Labute approximate surface area is 119 Å². The van der Waals surface area contributed by atoms with E-state index in [1.54, 1.807) is 13.0 Å². The second-order valence-electron chi connectivity index (χ2n) is 4.51. The van der Waals surface area contributed by atoms with Gasteiger partial charge in [-0.3, -0.25) is 4.57 Å². The first-order valence-electron chi connectivity index (χ1n) is 5.68. The number of aliphatic hydroxyl groups excluding tert-OH is 2. The van der Waals surface area contributed by atoms with Gasteiger partial charge in [0, 0.05) is 11.9 Å². The lowest BCUT2D eigenvalue weighted by atomic mass is 10.00. The van der Waals surface area contributed by atoms with Crippen LogP contribution in [-0.2, 0) is 4.74 Å². The molecule has 8 heteroatoms. The Hall–Kier alpha value is -0.660. The predicted octanol–water partition coefficient (Wildman–Crippen LogP) is 0.0187. The first-order valence-corrected chi connectivity index (χ1v) is 6.65. The average molecular weight is 309 g/mol. The number of hydrogen-bond donors (Lipinski definition) is 2. The average Bonchev–Trinajstić information content (AvgIpc) is 2.64. The molecule has 19 heavy (non-hydrogen) atoms. The summed E-state index contributed by atoms with van der Waals surface area (Å²) in [5.74, 6) is -0.140. The number of alkyl halides is 2. The SMILES string of the molecule is Cc1ccn([C@@H]2O[C@@](CO)(CCl)[C@@H](O)[C@H]2Cl)c(=O)n1. The van der Waals surface area contributed by atoms with Crippen molar-refractivity contribution in [1.82, 2.24) is 9.55 Å². The largest absolute Gasteiger partial charge is 0.393 e. The molecular weight excluding hydrogens is 295 g/mol. The standard InChI is InChI=1S/C11H14Cl2N2O4/c1-6-2-3-15(10(18)14-6)9-7(13)8(17)11(4-12,5-16)19-9/h2-3,7-9,16-17H,4-5H2,1H3/t7-,8+,9-,11-/m1/s1. The van der Waals surface area contributed by atoms with E-state index in [4.69, 9.17) is 27.9 Å². The van der Waals surface area contributed by atoms with Crippen molar-refractivity contribution in [3.63, 3.8) is 0 Å². The van der Waals surface area contributed by atoms with Crippen LogP contribution in [0.3, 0.4) is 0 Å². The summed E-state index contributed by atoms with van der Waals surface area (Å²) in [6.45, 7) is 1.19. The third-order valence-electron chi connectivity index (χ3n) is 3.21. The van der Waals surface area contributed by atoms with E-state index in [0.717, 1.165) is 0 Å². The summed E-state index contributed by atoms with van der Waals surface area (Å²) >= 11 is 11.8. The minimum Gasteiger partial charge on any atom is -0.393 e. The third kappa shape index (κ3) is 2.39. The van der Waals surface area contributed by atoms with Crippen molar-refractivity contribution in [1.29, 1.82) is 0 Å². The Morgan fingerprint density at radius 3 is 2.79 bits per heavy atom. The molecule has 2 heterocycles. The quantitative estimate of drug-likeness (QED) is 0.769. The zero-order chi connectivity index (χ0) is 14.2. The van der Waals surface area contributed by atoms with E-state index in [1.165, 1.54) is 10.8 Å². The van der Waals surface area contributed by atoms with Crippen LogP contribution in [0.1, 0.15) is 11.9 Å². The maximum atomic E-state index is 11.8. The fraction of sp³-hybridized carbons (Fsp3) is 0.636. The van der Waals surface area contributed by atoms with Gasteiger partial charge < -0.3 is 14.9 Å². The molecule has 4 atom stereocenters. The van der Waals surface area contributed by atoms with E-state index in [9.17, 15) is 15.0 Å². The first-order chi connectivity index (χ1) is 8.95. The van der Waals surface area contributed by atoms with Crippen LogP contribution in [0.2, 0.25) is 0 Å². The lowest BCUT2D eigenvalue weighted by Gasteiger charge is -2.27. The molecule has 1 aromatic heterocycles. The summed E-state index contributed by atoms with van der Waals surface area (Å²) in [7, 11) is 0. The zero-order valence-electron chi connectivity index (χ0n) is 10.2. The van der Waals surface area contributed by atoms with Crippen LogP contribution < -0.4 is 5.69 Å². The van der Waals surface area contributed by atoms with Crippen LogP contribution in [0.15, 0.2) is 17.1 Å². The van der Waals surface area contributed by atoms with Gasteiger partial charge in [0.05, 0.1) is 12.5 Å². The van der Waals surface area contributed by atoms with Gasteiger partial charge in [-0.15, -0.1) is 23.2 Å². The van der Waals surface area contributed by atoms with E-state index < -0.39 is 35.6 Å². The molecule has 0 aliphatic carbocycles. The van der Waals surface area contributed by atoms with Crippen molar-refractivity contribution >= 4 is 23.2 Å². The molecule has 106 valence electrons. The Morgan fingerprint density at radius 2 is 2.32 bits per heavy atom. The first kappa shape index (κ1) is 14.7. The molecule has 0 aromatic carbocycles. The summed E-state index contributed by atoms with van der Waals surface area (Å²) in [5.41, 5.74) is -1.34. The van der Waals surface area contributed by atoms with Crippen LogP contribution in [0.25, 0.3) is 0 Å². The topological polar surface area (TPSA) is 84.6 Å². The molecular formula is C11H14Cl2N2O4. The van der Waals surface area contributed by atoms with Crippen molar-refractivity contribution in [3.05, 3.63) is 28.4 Å². The summed E-state index contributed by atoms with van der Waals surface area (Å²) in [6.07, 6.45) is -0.628. The number of rotatable bonds is 3. The molecule has 1 aliphatic heterocycles. The molecule has 0 amide bonds. The normalized spacial score (nSPS) is 34.7. The van der Waals surface area contributed by atoms with E-state index in [2.05, 4.69) is 4.98 Å². The van der Waals surface area contributed by atoms with Gasteiger partial charge in [-0.05, 0) is 13.0 Å². The van der Waals surface area contributed by atoms with Crippen molar-refractivity contribution in [2.75, 3.05) is 12.5 Å². The molecule has 6 nitrogen and oxygen atoms in total. The van der Waals surface area contributed by atoms with Crippen LogP contribution in [0, 0.1) is 6.92 Å². The molecule has 0 saturated carbocycles. The van der Waals surface area contributed by atoms with Crippen LogP contribution in [-0.4, -0.2) is 49.3 Å². The Morgan fingerprint density at radius 1 is 1.63 bits per heavy atom. The zero-order valence-corrected chi connectivity index (χ0v) is 11.7. The van der Waals surface area contributed by atoms with Gasteiger partial charge in [-0.2, -0.15) is 4.98 Å². The number of aliphatic hydroxyl groups is 2. The number of aromatic nitrogens is 2. The summed E-state index contributed by atoms with van der Waals surface area (Å²) < 4.78 is 6.72. The second kappa shape index (κ2) is 5.38. The van der Waals surface area contributed by atoms with Gasteiger partial charge >= 0.3 is 5.69 Å². The van der Waals surface area contributed by atoms with E-state index >= 15 is 0 Å². The van der Waals surface area contributed by atoms with E-state index in [0.29, 0.717) is 5.69 Å². The molecule has 2 rings (SSSR count). The Bertz CT molecular complexity index is 518. The van der Waals surface area contributed by atoms with Gasteiger partial charge in [0.1, 0.15) is 17.1 Å². The smallest absolute Gasteiger partial charge is 0.349 e. The van der Waals surface area contributed by atoms with E-state index in [1.807, 2.05) is 0 Å². The number of halogens is 2. The monoisotopic (exact) mass is 308 g/mol. The number of hydrogen-bond acceptors (Lipinski definition) is 5. The highest BCUT2D eigenvalue weighted by atomic mass is 35.5. The number of nitrogens with zero attached hydrogens (tertiary/aromatic N) is 2. The molecule has 0 spiro atoms. The highest BCUT2D eigenvalue weighted by Gasteiger charge is 2.54. The molecule has 0 unspecified atom stereocenters. The third-order valence-corrected chi connectivity index (χ3v) is 4.11. The van der Waals surface area contributed by atoms with E-state index in [-0.39, 0.29) is 5.88 Å². The van der Waals surface area contributed by atoms with Gasteiger partial charge in [0.25, 0.3) is 0 Å². The summed E-state index contributed by atoms with van der Waals surface area (Å²) in [6, 6.07) is 1.63. The van der Waals surface area contributed by atoms with Crippen molar-refractivity contribution in [2.24, 2.45) is 0 Å².